The summed E-state index contributed by atoms with van der Waals surface area (Å²) in [6.45, 7) is 4.29. The second kappa shape index (κ2) is 6.16. The molecule has 1 aliphatic heterocycles. The Morgan fingerprint density at radius 3 is 2.73 bits per heavy atom. The highest BCUT2D eigenvalue weighted by atomic mass is 32.1. The van der Waals surface area contributed by atoms with Gasteiger partial charge in [-0.25, -0.2) is 0 Å². The summed E-state index contributed by atoms with van der Waals surface area (Å²) in [5.41, 5.74) is 2.45. The van der Waals surface area contributed by atoms with Crippen molar-refractivity contribution in [1.29, 1.82) is 0 Å². The molecule has 1 aromatic carbocycles. The lowest BCUT2D eigenvalue weighted by Gasteiger charge is -2.35. The molecule has 2 aromatic heterocycles. The van der Waals surface area contributed by atoms with Crippen LogP contribution in [-0.2, 0) is 0 Å². The van der Waals surface area contributed by atoms with E-state index in [0.29, 0.717) is 6.04 Å². The van der Waals surface area contributed by atoms with Gasteiger partial charge in [0.05, 0.1) is 11.6 Å². The number of aromatic nitrogens is 1. The van der Waals surface area contributed by atoms with Crippen LogP contribution in [0.4, 0.5) is 0 Å². The molecule has 112 valence electrons. The molecule has 0 radical (unpaired) electrons. The van der Waals surface area contributed by atoms with Crippen molar-refractivity contribution in [2.45, 2.75) is 6.04 Å². The van der Waals surface area contributed by atoms with Crippen molar-refractivity contribution in [3.63, 3.8) is 0 Å². The van der Waals surface area contributed by atoms with Crippen molar-refractivity contribution < 1.29 is 0 Å². The fraction of sp³-hybridized carbons (Fsp3) is 0.278. The van der Waals surface area contributed by atoms with Gasteiger partial charge in [-0.1, -0.05) is 24.3 Å². The summed E-state index contributed by atoms with van der Waals surface area (Å²) in [4.78, 5) is 8.53. The third kappa shape index (κ3) is 2.54. The van der Waals surface area contributed by atoms with Gasteiger partial charge in [-0.15, -0.1) is 11.3 Å². The molecular formula is C18H19N3S. The molecular weight excluding hydrogens is 290 g/mol. The van der Waals surface area contributed by atoms with Crippen LogP contribution in [0.1, 0.15) is 16.5 Å². The normalized spacial score (nSPS) is 17.6. The molecule has 4 rings (SSSR count). The van der Waals surface area contributed by atoms with E-state index in [1.54, 1.807) is 0 Å². The first-order valence-corrected chi connectivity index (χ1v) is 8.63. The number of fused-ring (bicyclic) bond motifs is 1. The SMILES string of the molecule is c1csc(C(c2ccnc3ccccc23)N2CCNCC2)c1. The number of para-hydroxylation sites is 1. The maximum atomic E-state index is 4.52. The van der Waals surface area contributed by atoms with Crippen LogP contribution < -0.4 is 5.32 Å². The second-order valence-electron chi connectivity index (χ2n) is 5.62. The molecule has 0 aliphatic carbocycles. The van der Waals surface area contributed by atoms with Crippen molar-refractivity contribution >= 4 is 22.2 Å². The fourth-order valence-electron chi connectivity index (χ4n) is 3.27. The van der Waals surface area contributed by atoms with Crippen molar-refractivity contribution in [3.05, 3.63) is 64.5 Å². The average Bonchev–Trinajstić information content (AvgIpc) is 3.11. The summed E-state index contributed by atoms with van der Waals surface area (Å²) in [5, 5.41) is 6.89. The number of hydrogen-bond donors (Lipinski definition) is 1. The molecule has 3 nitrogen and oxygen atoms in total. The minimum absolute atomic E-state index is 0.329. The number of rotatable bonds is 3. The van der Waals surface area contributed by atoms with E-state index >= 15 is 0 Å². The zero-order valence-corrected chi connectivity index (χ0v) is 13.2. The lowest BCUT2D eigenvalue weighted by molar-refractivity contribution is 0.201. The average molecular weight is 309 g/mol. The van der Waals surface area contributed by atoms with Gasteiger partial charge in [-0.05, 0) is 29.1 Å². The molecule has 1 N–H and O–H groups in total. The molecule has 0 saturated carbocycles. The molecule has 4 heteroatoms. The monoisotopic (exact) mass is 309 g/mol. The Hall–Kier alpha value is -1.75. The molecule has 1 saturated heterocycles. The van der Waals surface area contributed by atoms with E-state index in [2.05, 4.69) is 63.0 Å². The van der Waals surface area contributed by atoms with Gasteiger partial charge in [0.25, 0.3) is 0 Å². The van der Waals surface area contributed by atoms with Crippen LogP contribution in [0.25, 0.3) is 10.9 Å². The van der Waals surface area contributed by atoms with Crippen LogP contribution in [-0.4, -0.2) is 36.1 Å². The van der Waals surface area contributed by atoms with Crippen molar-refractivity contribution in [2.75, 3.05) is 26.2 Å². The Labute approximate surface area is 134 Å². The third-order valence-electron chi connectivity index (χ3n) is 4.31. The van der Waals surface area contributed by atoms with Crippen LogP contribution in [0.2, 0.25) is 0 Å². The van der Waals surface area contributed by atoms with Gasteiger partial charge < -0.3 is 5.32 Å². The summed E-state index contributed by atoms with van der Waals surface area (Å²) in [6, 6.07) is 15.4. The number of thiophene rings is 1. The Balaban J connectivity index is 1.85. The number of hydrogen-bond acceptors (Lipinski definition) is 4. The van der Waals surface area contributed by atoms with Gasteiger partial charge in [0.1, 0.15) is 0 Å². The van der Waals surface area contributed by atoms with Crippen molar-refractivity contribution in [3.8, 4) is 0 Å². The third-order valence-corrected chi connectivity index (χ3v) is 5.23. The second-order valence-corrected chi connectivity index (χ2v) is 6.60. The van der Waals surface area contributed by atoms with E-state index in [4.69, 9.17) is 0 Å². The van der Waals surface area contributed by atoms with Gasteiger partial charge in [0, 0.05) is 42.6 Å². The minimum Gasteiger partial charge on any atom is -0.314 e. The van der Waals surface area contributed by atoms with E-state index in [-0.39, 0.29) is 0 Å². The van der Waals surface area contributed by atoms with Crippen molar-refractivity contribution in [1.82, 2.24) is 15.2 Å². The molecule has 0 amide bonds. The number of benzene rings is 1. The van der Waals surface area contributed by atoms with E-state index in [1.807, 2.05) is 17.5 Å². The van der Waals surface area contributed by atoms with Crippen LogP contribution in [0.15, 0.2) is 54.0 Å². The zero-order chi connectivity index (χ0) is 14.8. The summed E-state index contributed by atoms with van der Waals surface area (Å²) < 4.78 is 0. The molecule has 3 aromatic rings. The Morgan fingerprint density at radius 1 is 1.05 bits per heavy atom. The van der Waals surface area contributed by atoms with Gasteiger partial charge in [-0.2, -0.15) is 0 Å². The predicted octanol–water partition coefficient (Wildman–Crippen LogP) is 3.29. The molecule has 1 fully saturated rings. The predicted molar refractivity (Wildman–Crippen MR) is 92.3 cm³/mol. The topological polar surface area (TPSA) is 28.2 Å². The van der Waals surface area contributed by atoms with Crippen molar-refractivity contribution in [2.24, 2.45) is 0 Å². The summed E-state index contributed by atoms with van der Waals surface area (Å²) >= 11 is 1.85. The van der Waals surface area contributed by atoms with E-state index in [1.165, 1.54) is 15.8 Å². The first-order chi connectivity index (χ1) is 10.9. The lowest BCUT2D eigenvalue weighted by atomic mass is 9.99. The smallest absolute Gasteiger partial charge is 0.0705 e. The van der Waals surface area contributed by atoms with Gasteiger partial charge in [-0.3, -0.25) is 9.88 Å². The molecule has 22 heavy (non-hydrogen) atoms. The molecule has 1 unspecified atom stereocenters. The van der Waals surface area contributed by atoms with Crippen LogP contribution >= 0.6 is 11.3 Å². The minimum atomic E-state index is 0.329. The first-order valence-electron chi connectivity index (χ1n) is 7.75. The summed E-state index contributed by atoms with van der Waals surface area (Å²) in [7, 11) is 0. The highest BCUT2D eigenvalue weighted by Crippen LogP contribution is 2.35. The zero-order valence-electron chi connectivity index (χ0n) is 12.4. The Kier molecular flexibility index (Phi) is 3.89. The van der Waals surface area contributed by atoms with Crippen LogP contribution in [0.3, 0.4) is 0 Å². The Morgan fingerprint density at radius 2 is 1.91 bits per heavy atom. The fourth-order valence-corrected chi connectivity index (χ4v) is 4.15. The number of nitrogens with zero attached hydrogens (tertiary/aromatic N) is 2. The molecule has 3 heterocycles. The van der Waals surface area contributed by atoms with E-state index in [0.717, 1.165) is 31.7 Å². The number of pyridine rings is 1. The summed E-state index contributed by atoms with van der Waals surface area (Å²) in [5.74, 6) is 0. The van der Waals surface area contributed by atoms with Crippen LogP contribution in [0, 0.1) is 0 Å². The maximum Gasteiger partial charge on any atom is 0.0705 e. The lowest BCUT2D eigenvalue weighted by Crippen LogP contribution is -2.45. The molecule has 1 atom stereocenters. The highest BCUT2D eigenvalue weighted by Gasteiger charge is 2.26. The molecule has 0 spiro atoms. The first kappa shape index (κ1) is 13.9. The van der Waals surface area contributed by atoms with E-state index in [9.17, 15) is 0 Å². The summed E-state index contributed by atoms with van der Waals surface area (Å²) in [6.07, 6.45) is 1.94. The van der Waals surface area contributed by atoms with Crippen LogP contribution in [0.5, 0.6) is 0 Å². The molecule has 1 aliphatic rings. The van der Waals surface area contributed by atoms with Gasteiger partial charge >= 0.3 is 0 Å². The highest BCUT2D eigenvalue weighted by molar-refractivity contribution is 7.10. The maximum absolute atomic E-state index is 4.52. The quantitative estimate of drug-likeness (QED) is 0.805. The van der Waals surface area contributed by atoms with Gasteiger partial charge in [0.2, 0.25) is 0 Å². The Bertz CT molecular complexity index is 743. The number of nitrogens with one attached hydrogen (secondary N) is 1. The molecule has 0 bridgehead atoms. The van der Waals surface area contributed by atoms with Gasteiger partial charge in [0.15, 0.2) is 0 Å². The standard InChI is InChI=1S/C18H19N3S/c1-2-5-16-14(4-1)15(7-8-20-16)18(17-6-3-13-22-17)21-11-9-19-10-12-21/h1-8,13,18-19H,9-12H2. The van der Waals surface area contributed by atoms with E-state index < -0.39 is 0 Å². The number of piperazine rings is 1. The largest absolute Gasteiger partial charge is 0.314 e.